The van der Waals surface area contributed by atoms with Crippen LogP contribution in [0.1, 0.15) is 37.6 Å². The maximum Gasteiger partial charge on any atom is 0.211 e. The molecule has 0 spiro atoms. The molecule has 0 atom stereocenters. The van der Waals surface area contributed by atoms with E-state index in [1.54, 1.807) is 7.11 Å². The topological polar surface area (TPSA) is 41.0 Å². The zero-order chi connectivity index (χ0) is 18.3. The highest BCUT2D eigenvalue weighted by Gasteiger charge is 2.35. The summed E-state index contributed by atoms with van der Waals surface area (Å²) in [7, 11) is 3.88. The molecule has 1 aromatic carbocycles. The summed E-state index contributed by atoms with van der Waals surface area (Å²) < 4.78 is 6.42. The van der Waals surface area contributed by atoms with Crippen LogP contribution >= 0.6 is 11.3 Å². The lowest BCUT2D eigenvalue weighted by atomic mass is 9.79. The van der Waals surface area contributed by atoms with Crippen LogP contribution in [0.3, 0.4) is 0 Å². The fourth-order valence-corrected chi connectivity index (χ4v) is 4.65. The molecule has 1 aromatic heterocycles. The van der Waals surface area contributed by atoms with Gasteiger partial charge in [-0.2, -0.15) is 0 Å². The van der Waals surface area contributed by atoms with Crippen LogP contribution in [-0.4, -0.2) is 48.7 Å². The van der Waals surface area contributed by atoms with Gasteiger partial charge in [-0.3, -0.25) is 0 Å². The summed E-state index contributed by atoms with van der Waals surface area (Å²) in [5.74, 6) is 1.29. The summed E-state index contributed by atoms with van der Waals surface area (Å²) in [6.45, 7) is 5.12. The highest BCUT2D eigenvalue weighted by molar-refractivity contribution is 7.18. The first kappa shape index (κ1) is 17.5. The van der Waals surface area contributed by atoms with Crippen molar-refractivity contribution in [1.29, 1.82) is 0 Å². The molecule has 0 bridgehead atoms. The first-order valence-corrected chi connectivity index (χ1v) is 10.0. The number of hydrogen-bond acceptors (Lipinski definition) is 6. The molecule has 1 aliphatic heterocycles. The van der Waals surface area contributed by atoms with Crippen LogP contribution < -0.4 is 4.90 Å². The molecule has 6 heteroatoms. The fraction of sp³-hybridized carbons (Fsp3) is 0.500. The van der Waals surface area contributed by atoms with Gasteiger partial charge in [0.1, 0.15) is 6.67 Å². The van der Waals surface area contributed by atoms with Gasteiger partial charge in [-0.25, -0.2) is 9.98 Å². The SMILES string of the molecule is COC1=NCN(c2ccc3nc([C@H]4C[C@H](N(C)C(C)C)C4)sc3c2)C=C1. The van der Waals surface area contributed by atoms with Crippen LogP contribution in [0.15, 0.2) is 35.5 Å². The molecule has 0 saturated heterocycles. The second-order valence-electron chi connectivity index (χ2n) is 7.41. The Labute approximate surface area is 159 Å². The van der Waals surface area contributed by atoms with Crippen molar-refractivity contribution in [2.75, 3.05) is 25.7 Å². The summed E-state index contributed by atoms with van der Waals surface area (Å²) in [4.78, 5) is 13.9. The van der Waals surface area contributed by atoms with Crippen LogP contribution in [0.2, 0.25) is 0 Å². The van der Waals surface area contributed by atoms with E-state index in [1.165, 1.54) is 22.5 Å². The number of rotatable bonds is 4. The highest BCUT2D eigenvalue weighted by Crippen LogP contribution is 2.43. The van der Waals surface area contributed by atoms with Gasteiger partial charge in [0.2, 0.25) is 5.90 Å². The molecule has 1 aliphatic carbocycles. The van der Waals surface area contributed by atoms with Gasteiger partial charge in [0, 0.05) is 36.0 Å². The maximum absolute atomic E-state index is 5.16. The third kappa shape index (κ3) is 3.23. The third-order valence-corrected chi connectivity index (χ3v) is 6.74. The summed E-state index contributed by atoms with van der Waals surface area (Å²) in [5.41, 5.74) is 2.25. The predicted molar refractivity (Wildman–Crippen MR) is 109 cm³/mol. The number of aromatic nitrogens is 1. The molecule has 4 rings (SSSR count). The van der Waals surface area contributed by atoms with Crippen LogP contribution in [0.25, 0.3) is 10.2 Å². The molecular weight excluding hydrogens is 344 g/mol. The Morgan fingerprint density at radius 2 is 2.12 bits per heavy atom. The second-order valence-corrected chi connectivity index (χ2v) is 8.48. The average molecular weight is 371 g/mol. The number of methoxy groups -OCH3 is 1. The fourth-order valence-electron chi connectivity index (χ4n) is 3.53. The Balaban J connectivity index is 1.47. The van der Waals surface area contributed by atoms with Crippen molar-refractivity contribution in [2.24, 2.45) is 4.99 Å². The highest BCUT2D eigenvalue weighted by atomic mass is 32.1. The normalized spacial score (nSPS) is 22.8. The Morgan fingerprint density at radius 3 is 2.77 bits per heavy atom. The van der Waals surface area contributed by atoms with Gasteiger partial charge < -0.3 is 14.5 Å². The standard InChI is InChI=1S/C20H26N4OS/c1-13(2)23(3)16-9-14(10-16)20-22-17-6-5-15(11-18(17)26-20)24-8-7-19(25-4)21-12-24/h5-8,11,13-14,16H,9-10,12H2,1-4H3/t14-,16-. The molecule has 5 nitrogen and oxygen atoms in total. The largest absolute Gasteiger partial charge is 0.481 e. The molecule has 0 radical (unpaired) electrons. The van der Waals surface area contributed by atoms with Crippen molar-refractivity contribution in [2.45, 2.75) is 44.7 Å². The molecule has 0 N–H and O–H groups in total. The van der Waals surface area contributed by atoms with Gasteiger partial charge in [-0.05, 0) is 51.9 Å². The van der Waals surface area contributed by atoms with Crippen LogP contribution in [0, 0.1) is 0 Å². The lowest BCUT2D eigenvalue weighted by Gasteiger charge is -2.42. The zero-order valence-corrected chi connectivity index (χ0v) is 16.7. The summed E-state index contributed by atoms with van der Waals surface area (Å²) >= 11 is 1.85. The van der Waals surface area contributed by atoms with Gasteiger partial charge >= 0.3 is 0 Å². The number of fused-ring (bicyclic) bond motifs is 1. The molecule has 2 aromatic rings. The Bertz CT molecular complexity index is 851. The van der Waals surface area contributed by atoms with E-state index in [0.717, 1.165) is 11.2 Å². The predicted octanol–water partition coefficient (Wildman–Crippen LogP) is 4.22. The number of anilines is 1. The number of benzene rings is 1. The van der Waals surface area contributed by atoms with Crippen LogP contribution in [0.5, 0.6) is 0 Å². The molecule has 138 valence electrons. The van der Waals surface area contributed by atoms with Crippen molar-refractivity contribution in [1.82, 2.24) is 9.88 Å². The van der Waals surface area contributed by atoms with Gasteiger partial charge in [-0.15, -0.1) is 11.3 Å². The number of aliphatic imine (C=N–C) groups is 1. The molecule has 2 aliphatic rings. The molecule has 1 fully saturated rings. The number of thiazole rings is 1. The molecule has 0 amide bonds. The quantitative estimate of drug-likeness (QED) is 0.808. The van der Waals surface area contributed by atoms with Gasteiger partial charge in [0.25, 0.3) is 0 Å². The lowest BCUT2D eigenvalue weighted by molar-refractivity contribution is 0.108. The molecule has 2 heterocycles. The van der Waals surface area contributed by atoms with Crippen LogP contribution in [-0.2, 0) is 4.74 Å². The molecule has 26 heavy (non-hydrogen) atoms. The minimum Gasteiger partial charge on any atom is -0.481 e. The molecule has 0 unspecified atom stereocenters. The van der Waals surface area contributed by atoms with Crippen molar-refractivity contribution < 1.29 is 4.74 Å². The van der Waals surface area contributed by atoms with E-state index in [1.807, 2.05) is 23.6 Å². The van der Waals surface area contributed by atoms with Crippen molar-refractivity contribution in [3.05, 3.63) is 35.5 Å². The second kappa shape index (κ2) is 7.00. The Hall–Kier alpha value is -1.92. The number of ether oxygens (including phenoxy) is 1. The van der Waals surface area contributed by atoms with Gasteiger partial charge in [-0.1, -0.05) is 0 Å². The number of hydrogen-bond donors (Lipinski definition) is 0. The minimum atomic E-state index is 0.586. The zero-order valence-electron chi connectivity index (χ0n) is 15.8. The van der Waals surface area contributed by atoms with Crippen molar-refractivity contribution in [3.63, 3.8) is 0 Å². The number of nitrogens with zero attached hydrogens (tertiary/aromatic N) is 4. The molecule has 1 saturated carbocycles. The van der Waals surface area contributed by atoms with E-state index in [4.69, 9.17) is 9.72 Å². The van der Waals surface area contributed by atoms with Gasteiger partial charge in [0.15, 0.2) is 0 Å². The van der Waals surface area contributed by atoms with E-state index in [9.17, 15) is 0 Å². The third-order valence-electron chi connectivity index (χ3n) is 5.56. The monoisotopic (exact) mass is 370 g/mol. The smallest absolute Gasteiger partial charge is 0.211 e. The maximum atomic E-state index is 5.16. The van der Waals surface area contributed by atoms with E-state index < -0.39 is 0 Å². The molecular formula is C20H26N4OS. The van der Waals surface area contributed by atoms with E-state index in [0.29, 0.717) is 30.6 Å². The first-order valence-electron chi connectivity index (χ1n) is 9.21. The summed E-state index contributed by atoms with van der Waals surface area (Å²) in [6, 6.07) is 7.79. The Kier molecular flexibility index (Phi) is 4.71. The summed E-state index contributed by atoms with van der Waals surface area (Å²) in [5, 5.41) is 1.29. The Morgan fingerprint density at radius 1 is 1.31 bits per heavy atom. The average Bonchev–Trinajstić information content (AvgIpc) is 3.02. The van der Waals surface area contributed by atoms with Gasteiger partial charge in [0.05, 0.1) is 22.3 Å². The lowest BCUT2D eigenvalue weighted by Crippen LogP contribution is -2.44. The van der Waals surface area contributed by atoms with E-state index >= 15 is 0 Å². The van der Waals surface area contributed by atoms with Crippen LogP contribution in [0.4, 0.5) is 5.69 Å². The minimum absolute atomic E-state index is 0.586. The summed E-state index contributed by atoms with van der Waals surface area (Å²) in [6.07, 6.45) is 6.37. The van der Waals surface area contributed by atoms with Crippen molar-refractivity contribution >= 4 is 33.1 Å². The van der Waals surface area contributed by atoms with Crippen molar-refractivity contribution in [3.8, 4) is 0 Å². The van der Waals surface area contributed by atoms with E-state index in [-0.39, 0.29) is 0 Å². The van der Waals surface area contributed by atoms with E-state index in [2.05, 4.69) is 53.9 Å². The first-order chi connectivity index (χ1) is 12.5.